The number of aromatic nitrogens is 2. The lowest BCUT2D eigenvalue weighted by Crippen LogP contribution is -2.18. The molecule has 2 rings (SSSR count). The Morgan fingerprint density at radius 1 is 1.35 bits per heavy atom. The molecule has 2 aromatic rings. The van der Waals surface area contributed by atoms with E-state index in [1.165, 1.54) is 17.4 Å². The molecule has 0 spiro atoms. The second-order valence-corrected chi connectivity index (χ2v) is 5.69. The van der Waals surface area contributed by atoms with E-state index in [1.807, 2.05) is 0 Å². The molecular formula is C13H15ClFN3OS. The molecule has 0 atom stereocenters. The number of benzene rings is 1. The van der Waals surface area contributed by atoms with E-state index in [9.17, 15) is 4.39 Å². The van der Waals surface area contributed by atoms with E-state index in [1.54, 1.807) is 19.2 Å². The van der Waals surface area contributed by atoms with Crippen LogP contribution in [0.2, 0.25) is 5.02 Å². The summed E-state index contributed by atoms with van der Waals surface area (Å²) in [4.78, 5) is 0. The van der Waals surface area contributed by atoms with Crippen LogP contribution < -0.4 is 5.32 Å². The van der Waals surface area contributed by atoms with Crippen LogP contribution in [-0.4, -0.2) is 30.5 Å². The molecule has 0 aliphatic heterocycles. The molecule has 0 amide bonds. The van der Waals surface area contributed by atoms with E-state index >= 15 is 0 Å². The van der Waals surface area contributed by atoms with Gasteiger partial charge in [-0.1, -0.05) is 29.0 Å². The Morgan fingerprint density at radius 3 is 2.90 bits per heavy atom. The summed E-state index contributed by atoms with van der Waals surface area (Å²) in [7, 11) is 1.66. The molecule has 1 aromatic carbocycles. The van der Waals surface area contributed by atoms with Gasteiger partial charge in [0.05, 0.1) is 6.61 Å². The zero-order valence-electron chi connectivity index (χ0n) is 11.0. The molecular weight excluding hydrogens is 301 g/mol. The van der Waals surface area contributed by atoms with Crippen LogP contribution >= 0.6 is 22.9 Å². The Bertz CT molecular complexity index is 544. The first-order valence-electron chi connectivity index (χ1n) is 6.14. The fraction of sp³-hybridized carbons (Fsp3) is 0.385. The third kappa shape index (κ3) is 4.21. The highest BCUT2D eigenvalue weighted by molar-refractivity contribution is 7.11. The van der Waals surface area contributed by atoms with Crippen molar-refractivity contribution in [1.29, 1.82) is 0 Å². The summed E-state index contributed by atoms with van der Waals surface area (Å²) in [6, 6.07) is 4.66. The van der Waals surface area contributed by atoms with E-state index < -0.39 is 0 Å². The van der Waals surface area contributed by atoms with Gasteiger partial charge in [-0.05, 0) is 12.1 Å². The summed E-state index contributed by atoms with van der Waals surface area (Å²) < 4.78 is 18.6. The average Bonchev–Trinajstić information content (AvgIpc) is 2.87. The van der Waals surface area contributed by atoms with Gasteiger partial charge in [0.25, 0.3) is 0 Å². The van der Waals surface area contributed by atoms with E-state index in [-0.39, 0.29) is 5.82 Å². The molecule has 0 aliphatic carbocycles. The topological polar surface area (TPSA) is 47.0 Å². The Balaban J connectivity index is 1.96. The summed E-state index contributed by atoms with van der Waals surface area (Å²) in [6.07, 6.45) is 0.362. The number of nitrogens with zero attached hydrogens (tertiary/aromatic N) is 2. The summed E-state index contributed by atoms with van der Waals surface area (Å²) >= 11 is 7.45. The van der Waals surface area contributed by atoms with Gasteiger partial charge in [0.15, 0.2) is 0 Å². The quantitative estimate of drug-likeness (QED) is 0.798. The van der Waals surface area contributed by atoms with Crippen LogP contribution in [0.1, 0.15) is 15.6 Å². The molecule has 20 heavy (non-hydrogen) atoms. The molecule has 4 nitrogen and oxygen atoms in total. The van der Waals surface area contributed by atoms with Crippen LogP contribution in [0.5, 0.6) is 0 Å². The first kappa shape index (κ1) is 15.3. The summed E-state index contributed by atoms with van der Waals surface area (Å²) in [5.41, 5.74) is 0.462. The van der Waals surface area contributed by atoms with Crippen LogP contribution in [-0.2, 0) is 17.7 Å². The van der Waals surface area contributed by atoms with Gasteiger partial charge in [-0.15, -0.1) is 10.2 Å². The van der Waals surface area contributed by atoms with E-state index in [4.69, 9.17) is 16.3 Å². The van der Waals surface area contributed by atoms with Crippen molar-refractivity contribution >= 4 is 22.9 Å². The highest BCUT2D eigenvalue weighted by Crippen LogP contribution is 2.23. The predicted octanol–water partition coefficient (Wildman–Crippen LogP) is 2.66. The standard InChI is InChI=1S/C13H15ClFN3OS/c1-19-6-5-16-8-13-18-17-12(20-13)7-9-10(14)3-2-4-11(9)15/h2-4,16H,5-8H2,1H3. The molecule has 1 aromatic heterocycles. The maximum atomic E-state index is 13.7. The van der Waals surface area contributed by atoms with Gasteiger partial charge in [0.1, 0.15) is 15.8 Å². The fourth-order valence-corrected chi connectivity index (χ4v) is 2.71. The monoisotopic (exact) mass is 315 g/mol. The van der Waals surface area contributed by atoms with E-state index in [0.29, 0.717) is 30.2 Å². The van der Waals surface area contributed by atoms with Crippen molar-refractivity contribution in [1.82, 2.24) is 15.5 Å². The normalized spacial score (nSPS) is 10.9. The molecule has 0 fully saturated rings. The lowest BCUT2D eigenvalue weighted by atomic mass is 10.1. The zero-order chi connectivity index (χ0) is 14.4. The van der Waals surface area contributed by atoms with Gasteiger partial charge in [0.2, 0.25) is 0 Å². The molecule has 1 heterocycles. The number of rotatable bonds is 7. The third-order valence-electron chi connectivity index (χ3n) is 2.66. The second-order valence-electron chi connectivity index (χ2n) is 4.14. The number of halogens is 2. The molecule has 0 saturated heterocycles. The van der Waals surface area contributed by atoms with E-state index in [0.717, 1.165) is 16.6 Å². The molecule has 0 unspecified atom stereocenters. The SMILES string of the molecule is COCCNCc1nnc(Cc2c(F)cccc2Cl)s1. The Kier molecular flexibility index (Phi) is 5.85. The van der Waals surface area contributed by atoms with Gasteiger partial charge >= 0.3 is 0 Å². The first-order chi connectivity index (χ1) is 9.70. The third-order valence-corrected chi connectivity index (χ3v) is 3.93. The molecule has 0 aliphatic rings. The first-order valence-corrected chi connectivity index (χ1v) is 7.34. The van der Waals surface area contributed by atoms with Crippen LogP contribution in [0.25, 0.3) is 0 Å². The number of nitrogens with one attached hydrogen (secondary N) is 1. The molecule has 108 valence electrons. The van der Waals surface area contributed by atoms with Crippen molar-refractivity contribution in [3.05, 3.63) is 44.6 Å². The van der Waals surface area contributed by atoms with Crippen molar-refractivity contribution in [3.8, 4) is 0 Å². The van der Waals surface area contributed by atoms with Crippen molar-refractivity contribution in [2.75, 3.05) is 20.3 Å². The minimum absolute atomic E-state index is 0.313. The van der Waals surface area contributed by atoms with Crippen molar-refractivity contribution in [2.24, 2.45) is 0 Å². The maximum Gasteiger partial charge on any atom is 0.131 e. The molecule has 0 saturated carbocycles. The minimum Gasteiger partial charge on any atom is -0.383 e. The van der Waals surface area contributed by atoms with Gasteiger partial charge in [-0.3, -0.25) is 0 Å². The lowest BCUT2D eigenvalue weighted by molar-refractivity contribution is 0.199. The van der Waals surface area contributed by atoms with Crippen LogP contribution in [0.4, 0.5) is 4.39 Å². The molecule has 0 radical (unpaired) electrons. The van der Waals surface area contributed by atoms with Gasteiger partial charge < -0.3 is 10.1 Å². The van der Waals surface area contributed by atoms with Crippen molar-refractivity contribution in [2.45, 2.75) is 13.0 Å². The van der Waals surface area contributed by atoms with Crippen LogP contribution in [0.15, 0.2) is 18.2 Å². The molecule has 0 bridgehead atoms. The van der Waals surface area contributed by atoms with Gasteiger partial charge in [0, 0.05) is 37.2 Å². The number of hydrogen-bond donors (Lipinski definition) is 1. The number of ether oxygens (including phenoxy) is 1. The smallest absolute Gasteiger partial charge is 0.131 e. The number of hydrogen-bond acceptors (Lipinski definition) is 5. The summed E-state index contributed by atoms with van der Waals surface area (Å²) in [6.45, 7) is 2.03. The Labute approximate surface area is 125 Å². The van der Waals surface area contributed by atoms with Gasteiger partial charge in [-0.2, -0.15) is 0 Å². The molecule has 1 N–H and O–H groups in total. The van der Waals surface area contributed by atoms with Crippen LogP contribution in [0, 0.1) is 5.82 Å². The number of methoxy groups -OCH3 is 1. The van der Waals surface area contributed by atoms with Crippen molar-refractivity contribution in [3.63, 3.8) is 0 Å². The minimum atomic E-state index is -0.313. The maximum absolute atomic E-state index is 13.7. The average molecular weight is 316 g/mol. The van der Waals surface area contributed by atoms with Crippen molar-refractivity contribution < 1.29 is 9.13 Å². The van der Waals surface area contributed by atoms with Crippen LogP contribution in [0.3, 0.4) is 0 Å². The largest absolute Gasteiger partial charge is 0.383 e. The highest BCUT2D eigenvalue weighted by atomic mass is 35.5. The lowest BCUT2D eigenvalue weighted by Gasteiger charge is -2.02. The Morgan fingerprint density at radius 2 is 2.15 bits per heavy atom. The summed E-state index contributed by atoms with van der Waals surface area (Å²) in [5.74, 6) is -0.313. The predicted molar refractivity (Wildman–Crippen MR) is 77.7 cm³/mol. The molecule has 7 heteroatoms. The zero-order valence-corrected chi connectivity index (χ0v) is 12.6. The summed E-state index contributed by atoms with van der Waals surface area (Å²) in [5, 5.41) is 13.4. The fourth-order valence-electron chi connectivity index (χ4n) is 1.65. The Hall–Kier alpha value is -1.08. The second kappa shape index (κ2) is 7.64. The van der Waals surface area contributed by atoms with Gasteiger partial charge in [-0.25, -0.2) is 4.39 Å². The van der Waals surface area contributed by atoms with E-state index in [2.05, 4.69) is 15.5 Å². The highest BCUT2D eigenvalue weighted by Gasteiger charge is 2.11.